The van der Waals surface area contributed by atoms with Crippen LogP contribution in [0.2, 0.25) is 0 Å². The van der Waals surface area contributed by atoms with E-state index in [-0.39, 0.29) is 11.9 Å². The molecule has 1 saturated heterocycles. The summed E-state index contributed by atoms with van der Waals surface area (Å²) in [7, 11) is 0. The molecular formula is C12H18N4O. The topological polar surface area (TPSA) is 72.1 Å². The SMILES string of the molecule is Cc1cnc(C(=O)N2CC(CN)CC2C)cn1. The number of aromatic nitrogens is 2. The van der Waals surface area contributed by atoms with Gasteiger partial charge in [0.2, 0.25) is 0 Å². The van der Waals surface area contributed by atoms with Crippen LogP contribution < -0.4 is 5.73 Å². The molecule has 0 bridgehead atoms. The molecule has 0 radical (unpaired) electrons. The summed E-state index contributed by atoms with van der Waals surface area (Å²) in [5, 5.41) is 0. The van der Waals surface area contributed by atoms with Crippen molar-refractivity contribution >= 4 is 5.91 Å². The number of nitrogens with two attached hydrogens (primary N) is 1. The number of amides is 1. The fourth-order valence-electron chi connectivity index (χ4n) is 2.25. The van der Waals surface area contributed by atoms with Gasteiger partial charge in [0.05, 0.1) is 11.9 Å². The van der Waals surface area contributed by atoms with Gasteiger partial charge in [-0.1, -0.05) is 0 Å². The van der Waals surface area contributed by atoms with Gasteiger partial charge in [-0.05, 0) is 32.7 Å². The number of aryl methyl sites for hydroxylation is 1. The minimum absolute atomic E-state index is 0.0408. The van der Waals surface area contributed by atoms with Crippen LogP contribution in [0.25, 0.3) is 0 Å². The van der Waals surface area contributed by atoms with E-state index in [1.807, 2.05) is 11.8 Å². The lowest BCUT2D eigenvalue weighted by Gasteiger charge is -2.20. The van der Waals surface area contributed by atoms with Gasteiger partial charge in [-0.15, -0.1) is 0 Å². The van der Waals surface area contributed by atoms with Crippen LogP contribution in [0.4, 0.5) is 0 Å². The van der Waals surface area contributed by atoms with Crippen LogP contribution in [-0.4, -0.2) is 39.9 Å². The molecule has 2 N–H and O–H groups in total. The highest BCUT2D eigenvalue weighted by Crippen LogP contribution is 2.23. The Morgan fingerprint density at radius 3 is 2.82 bits per heavy atom. The largest absolute Gasteiger partial charge is 0.334 e. The summed E-state index contributed by atoms with van der Waals surface area (Å²) in [4.78, 5) is 22.3. The standard InChI is InChI=1S/C12H18N4O/c1-8-5-15-11(6-14-8)12(17)16-7-10(4-13)3-9(16)2/h5-6,9-10H,3-4,7,13H2,1-2H3. The quantitative estimate of drug-likeness (QED) is 0.813. The van der Waals surface area contributed by atoms with E-state index in [4.69, 9.17) is 5.73 Å². The van der Waals surface area contributed by atoms with E-state index >= 15 is 0 Å². The lowest BCUT2D eigenvalue weighted by atomic mass is 10.1. The van der Waals surface area contributed by atoms with Crippen LogP contribution in [0, 0.1) is 12.8 Å². The van der Waals surface area contributed by atoms with E-state index in [0.717, 1.165) is 18.7 Å². The zero-order valence-electron chi connectivity index (χ0n) is 10.3. The Kier molecular flexibility index (Phi) is 3.38. The van der Waals surface area contributed by atoms with Crippen LogP contribution in [0.1, 0.15) is 29.5 Å². The third kappa shape index (κ3) is 2.44. The number of hydrogen-bond acceptors (Lipinski definition) is 4. The number of rotatable bonds is 2. The Morgan fingerprint density at radius 1 is 1.53 bits per heavy atom. The van der Waals surface area contributed by atoms with Crippen molar-refractivity contribution in [2.24, 2.45) is 11.7 Å². The molecule has 2 heterocycles. The molecule has 1 aromatic heterocycles. The first-order chi connectivity index (χ1) is 8.11. The summed E-state index contributed by atoms with van der Waals surface area (Å²) in [5.41, 5.74) is 6.88. The third-order valence-corrected chi connectivity index (χ3v) is 3.26. The summed E-state index contributed by atoms with van der Waals surface area (Å²) in [5.74, 6) is 0.369. The van der Waals surface area contributed by atoms with Crippen molar-refractivity contribution < 1.29 is 4.79 Å². The molecule has 92 valence electrons. The van der Waals surface area contributed by atoms with Gasteiger partial charge in [-0.2, -0.15) is 0 Å². The van der Waals surface area contributed by atoms with Gasteiger partial charge in [0.25, 0.3) is 5.91 Å². The normalized spacial score (nSPS) is 24.1. The molecule has 1 aliphatic rings. The molecule has 1 aromatic rings. The highest BCUT2D eigenvalue weighted by molar-refractivity contribution is 5.92. The average Bonchev–Trinajstić information content (AvgIpc) is 2.71. The van der Waals surface area contributed by atoms with Crippen molar-refractivity contribution in [3.05, 3.63) is 23.8 Å². The number of hydrogen-bond donors (Lipinski definition) is 1. The van der Waals surface area contributed by atoms with Gasteiger partial charge in [0.15, 0.2) is 0 Å². The van der Waals surface area contributed by atoms with Crippen molar-refractivity contribution in [1.82, 2.24) is 14.9 Å². The summed E-state index contributed by atoms with van der Waals surface area (Å²) in [6, 6.07) is 0.235. The van der Waals surface area contributed by atoms with E-state index < -0.39 is 0 Å². The molecule has 17 heavy (non-hydrogen) atoms. The molecule has 2 unspecified atom stereocenters. The van der Waals surface area contributed by atoms with E-state index in [0.29, 0.717) is 18.2 Å². The fraction of sp³-hybridized carbons (Fsp3) is 0.583. The maximum absolute atomic E-state index is 12.2. The third-order valence-electron chi connectivity index (χ3n) is 3.26. The molecule has 0 aliphatic carbocycles. The Balaban J connectivity index is 2.12. The summed E-state index contributed by atoms with van der Waals surface area (Å²) in [6.45, 7) is 5.26. The van der Waals surface area contributed by atoms with Crippen LogP contribution in [0.5, 0.6) is 0 Å². The van der Waals surface area contributed by atoms with E-state index in [2.05, 4.69) is 16.9 Å². The smallest absolute Gasteiger partial charge is 0.274 e. The second kappa shape index (κ2) is 4.79. The Bertz CT molecular complexity index is 403. The molecule has 2 rings (SSSR count). The van der Waals surface area contributed by atoms with Crippen molar-refractivity contribution in [2.75, 3.05) is 13.1 Å². The Hall–Kier alpha value is -1.49. The molecule has 1 fully saturated rings. The van der Waals surface area contributed by atoms with Gasteiger partial charge in [-0.25, -0.2) is 4.98 Å². The molecule has 5 nitrogen and oxygen atoms in total. The zero-order chi connectivity index (χ0) is 12.4. The lowest BCUT2D eigenvalue weighted by Crippen LogP contribution is -2.35. The molecule has 0 spiro atoms. The first kappa shape index (κ1) is 12.0. The molecule has 1 aliphatic heterocycles. The first-order valence-electron chi connectivity index (χ1n) is 5.91. The lowest BCUT2D eigenvalue weighted by molar-refractivity contribution is 0.0737. The summed E-state index contributed by atoms with van der Waals surface area (Å²) < 4.78 is 0. The van der Waals surface area contributed by atoms with Crippen LogP contribution in [0.15, 0.2) is 12.4 Å². The molecule has 0 saturated carbocycles. The Labute approximate surface area is 101 Å². The van der Waals surface area contributed by atoms with Gasteiger partial charge in [-0.3, -0.25) is 9.78 Å². The highest BCUT2D eigenvalue weighted by Gasteiger charge is 2.32. The second-order valence-corrected chi connectivity index (χ2v) is 4.69. The number of carbonyl (C=O) groups excluding carboxylic acids is 1. The highest BCUT2D eigenvalue weighted by atomic mass is 16.2. The number of likely N-dealkylation sites (tertiary alicyclic amines) is 1. The van der Waals surface area contributed by atoms with Crippen LogP contribution in [-0.2, 0) is 0 Å². The molecular weight excluding hydrogens is 216 g/mol. The predicted molar refractivity (Wildman–Crippen MR) is 64.4 cm³/mol. The van der Waals surface area contributed by atoms with E-state index in [1.165, 1.54) is 0 Å². The van der Waals surface area contributed by atoms with Crippen molar-refractivity contribution in [1.29, 1.82) is 0 Å². The minimum atomic E-state index is -0.0408. The van der Waals surface area contributed by atoms with Crippen LogP contribution in [0.3, 0.4) is 0 Å². The Morgan fingerprint density at radius 2 is 2.29 bits per heavy atom. The van der Waals surface area contributed by atoms with Crippen molar-refractivity contribution in [2.45, 2.75) is 26.3 Å². The van der Waals surface area contributed by atoms with E-state index in [1.54, 1.807) is 12.4 Å². The fourth-order valence-corrected chi connectivity index (χ4v) is 2.25. The summed E-state index contributed by atoms with van der Waals surface area (Å²) >= 11 is 0. The zero-order valence-corrected chi connectivity index (χ0v) is 10.3. The van der Waals surface area contributed by atoms with E-state index in [9.17, 15) is 4.79 Å². The molecule has 5 heteroatoms. The maximum atomic E-state index is 12.2. The molecule has 0 aromatic carbocycles. The van der Waals surface area contributed by atoms with Crippen molar-refractivity contribution in [3.8, 4) is 0 Å². The second-order valence-electron chi connectivity index (χ2n) is 4.69. The van der Waals surface area contributed by atoms with Gasteiger partial charge < -0.3 is 10.6 Å². The van der Waals surface area contributed by atoms with Crippen molar-refractivity contribution in [3.63, 3.8) is 0 Å². The first-order valence-corrected chi connectivity index (χ1v) is 5.91. The van der Waals surface area contributed by atoms with Gasteiger partial charge in [0, 0.05) is 18.8 Å². The minimum Gasteiger partial charge on any atom is -0.334 e. The monoisotopic (exact) mass is 234 g/mol. The van der Waals surface area contributed by atoms with Crippen LogP contribution >= 0.6 is 0 Å². The number of carbonyl (C=O) groups is 1. The van der Waals surface area contributed by atoms with Gasteiger partial charge >= 0.3 is 0 Å². The number of nitrogens with zero attached hydrogens (tertiary/aromatic N) is 3. The maximum Gasteiger partial charge on any atom is 0.274 e. The summed E-state index contributed by atoms with van der Waals surface area (Å²) in [6.07, 6.45) is 4.13. The molecule has 1 amide bonds. The predicted octanol–water partition coefficient (Wildman–Crippen LogP) is 0.594. The average molecular weight is 234 g/mol. The van der Waals surface area contributed by atoms with Gasteiger partial charge in [0.1, 0.15) is 5.69 Å². The molecule has 2 atom stereocenters.